The minimum atomic E-state index is -1.16. The Balaban J connectivity index is 0.000000241. The summed E-state index contributed by atoms with van der Waals surface area (Å²) in [5.41, 5.74) is 0.0444. The van der Waals surface area contributed by atoms with Gasteiger partial charge >= 0.3 is 0 Å². The fourth-order valence-electron chi connectivity index (χ4n) is 5.51. The molecule has 2 aliphatic rings. The van der Waals surface area contributed by atoms with Gasteiger partial charge in [0.15, 0.2) is 11.6 Å². The van der Waals surface area contributed by atoms with Crippen molar-refractivity contribution in [2.45, 2.75) is 89.6 Å². The van der Waals surface area contributed by atoms with E-state index in [1.54, 1.807) is 0 Å². The molecule has 2 aliphatic carbocycles. The van der Waals surface area contributed by atoms with Gasteiger partial charge in [0.1, 0.15) is 17.8 Å². The highest BCUT2D eigenvalue weighted by Crippen LogP contribution is 2.37. The topological polar surface area (TPSA) is 0 Å². The molecular weight excluding hydrogens is 462 g/mol. The van der Waals surface area contributed by atoms with Gasteiger partial charge in [0.05, 0.1) is 12.2 Å². The molecule has 0 amide bonds. The highest BCUT2D eigenvalue weighted by atomic mass is 19.2. The Morgan fingerprint density at radius 1 is 0.686 bits per heavy atom. The number of alkyl halides is 2. The predicted molar refractivity (Wildman–Crippen MR) is 129 cm³/mol. The lowest BCUT2D eigenvalue weighted by Crippen LogP contribution is -2.14. The number of hydrogen-bond donors (Lipinski definition) is 0. The van der Waals surface area contributed by atoms with Crippen LogP contribution in [0.2, 0.25) is 0 Å². The van der Waals surface area contributed by atoms with Gasteiger partial charge < -0.3 is 0 Å². The lowest BCUT2D eigenvalue weighted by atomic mass is 9.79. The Morgan fingerprint density at radius 3 is 1.77 bits per heavy atom. The van der Waals surface area contributed by atoms with Gasteiger partial charge in [-0.05, 0) is 85.3 Å². The minimum Gasteiger partial charge on any atom is -0.251 e. The van der Waals surface area contributed by atoms with Gasteiger partial charge in [-0.25, -0.2) is 22.0 Å². The molecule has 2 aromatic rings. The van der Waals surface area contributed by atoms with Crippen LogP contribution >= 0.6 is 0 Å². The zero-order valence-corrected chi connectivity index (χ0v) is 20.4. The summed E-state index contributed by atoms with van der Waals surface area (Å²) in [7, 11) is 0. The standard InChI is InChI=1S/C18H15F5.C11H21F/c19-13-4-1-10(2-5-13)12-8-16(22)18(17(23)9-12)11-3-6-14(20)15(21)7-11;1-2-3-10-4-6-11(7-5-10)8-9-12/h3,6-10,13H,1-2,4-5H2;10-11H,2-9H2,1H3. The third-order valence-electron chi connectivity index (χ3n) is 7.58. The molecular formula is C29H36F6. The second kappa shape index (κ2) is 13.4. The molecule has 0 atom stereocenters. The summed E-state index contributed by atoms with van der Waals surface area (Å²) in [5.74, 6) is -2.29. The van der Waals surface area contributed by atoms with Crippen molar-refractivity contribution in [3.8, 4) is 11.1 Å². The fraction of sp³-hybridized carbons (Fsp3) is 0.586. The highest BCUT2D eigenvalue weighted by Gasteiger charge is 2.24. The molecule has 35 heavy (non-hydrogen) atoms. The van der Waals surface area contributed by atoms with Gasteiger partial charge in [-0.2, -0.15) is 0 Å². The summed E-state index contributed by atoms with van der Waals surface area (Å²) < 4.78 is 80.1. The molecule has 0 bridgehead atoms. The van der Waals surface area contributed by atoms with E-state index in [0.29, 0.717) is 37.2 Å². The first-order valence-corrected chi connectivity index (χ1v) is 13.0. The van der Waals surface area contributed by atoms with Crippen LogP contribution in [0.5, 0.6) is 0 Å². The average Bonchev–Trinajstić information content (AvgIpc) is 2.83. The molecule has 0 heterocycles. The maximum absolute atomic E-state index is 14.3. The van der Waals surface area contributed by atoms with Crippen LogP contribution in [0.15, 0.2) is 30.3 Å². The second-order valence-corrected chi connectivity index (χ2v) is 10.1. The summed E-state index contributed by atoms with van der Waals surface area (Å²) in [6.07, 6.45) is 9.84. The lowest BCUT2D eigenvalue weighted by molar-refractivity contribution is 0.235. The average molecular weight is 499 g/mol. The number of rotatable bonds is 6. The largest absolute Gasteiger partial charge is 0.251 e. The maximum atomic E-state index is 14.3. The molecule has 4 rings (SSSR count). The molecule has 0 N–H and O–H groups in total. The zero-order valence-electron chi connectivity index (χ0n) is 20.4. The van der Waals surface area contributed by atoms with Crippen molar-refractivity contribution < 1.29 is 26.3 Å². The Bertz CT molecular complexity index is 890. The van der Waals surface area contributed by atoms with Crippen molar-refractivity contribution in [3.63, 3.8) is 0 Å². The summed E-state index contributed by atoms with van der Waals surface area (Å²) in [4.78, 5) is 0. The Morgan fingerprint density at radius 2 is 1.26 bits per heavy atom. The normalized spacial score (nSPS) is 24.5. The smallest absolute Gasteiger partial charge is 0.159 e. The minimum absolute atomic E-state index is 0.0575. The van der Waals surface area contributed by atoms with Crippen LogP contribution in [-0.4, -0.2) is 12.8 Å². The van der Waals surface area contributed by atoms with Crippen molar-refractivity contribution >= 4 is 0 Å². The van der Waals surface area contributed by atoms with Crippen molar-refractivity contribution in [1.82, 2.24) is 0 Å². The first kappa shape index (κ1) is 27.6. The van der Waals surface area contributed by atoms with E-state index in [1.165, 1.54) is 50.7 Å². The third-order valence-corrected chi connectivity index (χ3v) is 7.58. The number of hydrogen-bond acceptors (Lipinski definition) is 0. The molecule has 0 unspecified atom stereocenters. The molecule has 2 fully saturated rings. The second-order valence-electron chi connectivity index (χ2n) is 10.1. The van der Waals surface area contributed by atoms with E-state index in [4.69, 9.17) is 0 Å². The molecule has 2 aromatic carbocycles. The van der Waals surface area contributed by atoms with Gasteiger partial charge in [0.2, 0.25) is 0 Å². The van der Waals surface area contributed by atoms with E-state index in [2.05, 4.69) is 6.92 Å². The molecule has 0 aliphatic heterocycles. The number of halogens is 6. The molecule has 0 radical (unpaired) electrons. The Hall–Kier alpha value is -1.98. The SMILES string of the molecule is CCCC1CCC(CCF)CC1.Fc1ccc(-c2c(F)cc(C3CCC(F)CC3)cc2F)cc1F. The summed E-state index contributed by atoms with van der Waals surface area (Å²) >= 11 is 0. The Labute approximate surface area is 205 Å². The van der Waals surface area contributed by atoms with E-state index in [9.17, 15) is 26.3 Å². The van der Waals surface area contributed by atoms with Crippen molar-refractivity contribution in [1.29, 1.82) is 0 Å². The predicted octanol–water partition coefficient (Wildman–Crippen LogP) is 9.86. The third kappa shape index (κ3) is 7.75. The van der Waals surface area contributed by atoms with E-state index >= 15 is 0 Å². The van der Waals surface area contributed by atoms with Gasteiger partial charge in [-0.15, -0.1) is 0 Å². The molecule has 0 nitrogen and oxygen atoms in total. The molecule has 0 aromatic heterocycles. The van der Waals surface area contributed by atoms with Crippen LogP contribution < -0.4 is 0 Å². The van der Waals surface area contributed by atoms with Crippen LogP contribution in [0.3, 0.4) is 0 Å². The van der Waals surface area contributed by atoms with E-state index in [-0.39, 0.29) is 23.7 Å². The van der Waals surface area contributed by atoms with Gasteiger partial charge in [0.25, 0.3) is 0 Å². The fourth-order valence-corrected chi connectivity index (χ4v) is 5.51. The summed E-state index contributed by atoms with van der Waals surface area (Å²) in [6.45, 7) is 2.15. The maximum Gasteiger partial charge on any atom is 0.159 e. The quantitative estimate of drug-likeness (QED) is 0.348. The van der Waals surface area contributed by atoms with Crippen LogP contribution in [0.25, 0.3) is 11.1 Å². The number of benzene rings is 2. The van der Waals surface area contributed by atoms with Gasteiger partial charge in [0, 0.05) is 0 Å². The monoisotopic (exact) mass is 498 g/mol. The van der Waals surface area contributed by atoms with Gasteiger partial charge in [-0.1, -0.05) is 51.5 Å². The van der Waals surface area contributed by atoms with E-state index in [1.807, 2.05) is 0 Å². The van der Waals surface area contributed by atoms with E-state index in [0.717, 1.165) is 30.5 Å². The molecule has 0 spiro atoms. The van der Waals surface area contributed by atoms with Gasteiger partial charge in [-0.3, -0.25) is 4.39 Å². The van der Waals surface area contributed by atoms with Crippen LogP contribution in [0.1, 0.15) is 89.0 Å². The van der Waals surface area contributed by atoms with Crippen molar-refractivity contribution in [3.05, 3.63) is 59.2 Å². The van der Waals surface area contributed by atoms with Crippen molar-refractivity contribution in [2.24, 2.45) is 11.8 Å². The van der Waals surface area contributed by atoms with Crippen LogP contribution in [-0.2, 0) is 0 Å². The summed E-state index contributed by atoms with van der Waals surface area (Å²) in [5, 5.41) is 0. The molecule has 194 valence electrons. The molecule has 2 saturated carbocycles. The van der Waals surface area contributed by atoms with E-state index < -0.39 is 29.4 Å². The molecule has 0 saturated heterocycles. The van der Waals surface area contributed by atoms with Crippen LogP contribution in [0.4, 0.5) is 26.3 Å². The van der Waals surface area contributed by atoms with Crippen LogP contribution in [0, 0.1) is 35.1 Å². The first-order chi connectivity index (χ1) is 16.8. The lowest BCUT2D eigenvalue weighted by Gasteiger charge is -2.27. The first-order valence-electron chi connectivity index (χ1n) is 13.0. The zero-order chi connectivity index (χ0) is 25.4. The molecule has 6 heteroatoms. The summed E-state index contributed by atoms with van der Waals surface area (Å²) in [6, 6.07) is 5.16. The van der Waals surface area contributed by atoms with Crippen molar-refractivity contribution in [2.75, 3.05) is 6.67 Å². The highest BCUT2D eigenvalue weighted by molar-refractivity contribution is 5.65. The Kier molecular flexibility index (Phi) is 10.5.